The average molecular weight is 370 g/mol. The largest absolute Gasteiger partial charge is 0.346 e. The second-order valence-corrected chi connectivity index (χ2v) is 7.86. The number of hydrogen-bond donors (Lipinski definition) is 0. The third-order valence-electron chi connectivity index (χ3n) is 5.64. The molecule has 0 saturated carbocycles. The molecule has 1 aliphatic heterocycles. The van der Waals surface area contributed by atoms with E-state index in [0.29, 0.717) is 19.0 Å². The lowest BCUT2D eigenvalue weighted by Crippen LogP contribution is -2.44. The lowest BCUT2D eigenvalue weighted by atomic mass is 9.97. The molecule has 3 rings (SSSR count). The van der Waals surface area contributed by atoms with E-state index in [1.54, 1.807) is 4.90 Å². The fourth-order valence-corrected chi connectivity index (χ4v) is 4.15. The number of likely N-dealkylation sites (tertiary alicyclic amines) is 1. The topological polar surface area (TPSA) is 50.5 Å². The lowest BCUT2D eigenvalue weighted by molar-refractivity contribution is 0.0607. The van der Waals surface area contributed by atoms with Gasteiger partial charge in [0.1, 0.15) is 11.4 Å². The van der Waals surface area contributed by atoms with Crippen molar-refractivity contribution in [2.24, 2.45) is 20.0 Å². The molecule has 2 aromatic heterocycles. The highest BCUT2D eigenvalue weighted by Crippen LogP contribution is 2.22. The molecule has 0 radical (unpaired) electrons. The number of aromatic nitrogens is 2. The van der Waals surface area contributed by atoms with Crippen molar-refractivity contribution in [3.8, 4) is 0 Å². The molecule has 6 nitrogen and oxygen atoms in total. The zero-order chi connectivity index (χ0) is 19.7. The summed E-state index contributed by atoms with van der Waals surface area (Å²) in [6.07, 6.45) is 5.86. The van der Waals surface area contributed by atoms with Crippen LogP contribution in [0.3, 0.4) is 0 Å². The molecule has 0 N–H and O–H groups in total. The number of nitrogens with zero attached hydrogens (tertiary/aromatic N) is 4. The Bertz CT molecular complexity index is 807. The van der Waals surface area contributed by atoms with Crippen molar-refractivity contribution in [3.05, 3.63) is 47.0 Å². The van der Waals surface area contributed by atoms with Crippen molar-refractivity contribution in [1.82, 2.24) is 18.9 Å². The molecule has 146 valence electrons. The van der Waals surface area contributed by atoms with E-state index in [0.717, 1.165) is 41.9 Å². The Labute approximate surface area is 161 Å². The summed E-state index contributed by atoms with van der Waals surface area (Å²) in [4.78, 5) is 29.5. The van der Waals surface area contributed by atoms with Crippen LogP contribution in [0, 0.1) is 19.8 Å². The van der Waals surface area contributed by atoms with Gasteiger partial charge in [-0.2, -0.15) is 0 Å². The second-order valence-electron chi connectivity index (χ2n) is 7.86. The summed E-state index contributed by atoms with van der Waals surface area (Å²) in [5.74, 6) is 0.441. The molecule has 0 aromatic carbocycles. The predicted molar refractivity (Wildman–Crippen MR) is 106 cm³/mol. The Morgan fingerprint density at radius 3 is 2.22 bits per heavy atom. The maximum Gasteiger partial charge on any atom is 0.270 e. The van der Waals surface area contributed by atoms with Crippen molar-refractivity contribution in [2.45, 2.75) is 26.7 Å². The van der Waals surface area contributed by atoms with E-state index in [9.17, 15) is 9.59 Å². The van der Waals surface area contributed by atoms with Crippen molar-refractivity contribution in [2.75, 3.05) is 26.7 Å². The number of carbonyl (C=O) groups is 2. The first-order valence-electron chi connectivity index (χ1n) is 9.58. The maximum atomic E-state index is 13.0. The standard InChI is InChI=1S/C21H30N4O2/c1-15-8-11-22(3)18(15)20(26)24(5)13-17-7-6-10-25(14-17)21(27)19-16(2)9-12-23(19)4/h8-9,11-12,17H,6-7,10,13-14H2,1-5H3/t17-/m0/s1. The van der Waals surface area contributed by atoms with Crippen LogP contribution in [0.5, 0.6) is 0 Å². The highest BCUT2D eigenvalue weighted by Gasteiger charge is 2.28. The number of carbonyl (C=O) groups excluding carboxylic acids is 2. The maximum absolute atomic E-state index is 13.0. The molecule has 1 fully saturated rings. The van der Waals surface area contributed by atoms with Gasteiger partial charge >= 0.3 is 0 Å². The Hall–Kier alpha value is -2.50. The fourth-order valence-electron chi connectivity index (χ4n) is 4.15. The summed E-state index contributed by atoms with van der Waals surface area (Å²) in [5, 5.41) is 0. The van der Waals surface area contributed by atoms with Gasteiger partial charge in [0.05, 0.1) is 0 Å². The Balaban J connectivity index is 1.66. The van der Waals surface area contributed by atoms with Gasteiger partial charge in [-0.25, -0.2) is 0 Å². The van der Waals surface area contributed by atoms with Gasteiger partial charge < -0.3 is 18.9 Å². The SMILES string of the molecule is Cc1ccn(C)c1C(=O)N(C)C[C@@H]1CCCN(C(=O)c2c(C)ccn2C)C1. The van der Waals surface area contributed by atoms with Crippen LogP contribution in [0.1, 0.15) is 44.9 Å². The van der Waals surface area contributed by atoms with E-state index in [2.05, 4.69) is 0 Å². The number of aryl methyl sites for hydroxylation is 4. The molecule has 0 bridgehead atoms. The van der Waals surface area contributed by atoms with E-state index in [1.807, 2.05) is 73.6 Å². The number of piperidine rings is 1. The van der Waals surface area contributed by atoms with E-state index in [4.69, 9.17) is 0 Å². The van der Waals surface area contributed by atoms with Crippen molar-refractivity contribution < 1.29 is 9.59 Å². The minimum absolute atomic E-state index is 0.0433. The van der Waals surface area contributed by atoms with Crippen molar-refractivity contribution in [3.63, 3.8) is 0 Å². The average Bonchev–Trinajstić information content (AvgIpc) is 3.15. The molecule has 0 unspecified atom stereocenters. The zero-order valence-corrected chi connectivity index (χ0v) is 17.0. The van der Waals surface area contributed by atoms with Gasteiger partial charge in [0, 0.05) is 53.2 Å². The molecular formula is C21H30N4O2. The quantitative estimate of drug-likeness (QED) is 0.831. The number of rotatable bonds is 4. The third-order valence-corrected chi connectivity index (χ3v) is 5.64. The Morgan fingerprint density at radius 1 is 1.07 bits per heavy atom. The van der Waals surface area contributed by atoms with Crippen LogP contribution in [0.2, 0.25) is 0 Å². The predicted octanol–water partition coefficient (Wildman–Crippen LogP) is 2.60. The highest BCUT2D eigenvalue weighted by molar-refractivity contribution is 5.95. The summed E-state index contributed by atoms with van der Waals surface area (Å²) in [6, 6.07) is 3.94. The molecule has 6 heteroatoms. The first-order chi connectivity index (χ1) is 12.8. The molecule has 1 saturated heterocycles. The van der Waals surface area contributed by atoms with Crippen LogP contribution < -0.4 is 0 Å². The second kappa shape index (κ2) is 7.62. The van der Waals surface area contributed by atoms with E-state index >= 15 is 0 Å². The number of amides is 2. The van der Waals surface area contributed by atoms with E-state index in [1.165, 1.54) is 0 Å². The summed E-state index contributed by atoms with van der Waals surface area (Å²) < 4.78 is 3.78. The molecule has 0 spiro atoms. The summed E-state index contributed by atoms with van der Waals surface area (Å²) in [7, 11) is 5.67. The minimum atomic E-state index is 0.0433. The molecular weight excluding hydrogens is 340 g/mol. The summed E-state index contributed by atoms with van der Waals surface area (Å²) >= 11 is 0. The van der Waals surface area contributed by atoms with Gasteiger partial charge in [0.2, 0.25) is 0 Å². The zero-order valence-electron chi connectivity index (χ0n) is 17.0. The van der Waals surface area contributed by atoms with E-state index < -0.39 is 0 Å². The molecule has 2 aromatic rings. The van der Waals surface area contributed by atoms with Crippen LogP contribution in [-0.4, -0.2) is 57.4 Å². The lowest BCUT2D eigenvalue weighted by Gasteiger charge is -2.35. The Morgan fingerprint density at radius 2 is 1.67 bits per heavy atom. The third kappa shape index (κ3) is 3.80. The minimum Gasteiger partial charge on any atom is -0.346 e. The number of hydrogen-bond acceptors (Lipinski definition) is 2. The van der Waals surface area contributed by atoms with Gasteiger partial charge in [-0.05, 0) is 55.9 Å². The van der Waals surface area contributed by atoms with Crippen LogP contribution in [-0.2, 0) is 14.1 Å². The van der Waals surface area contributed by atoms with Crippen molar-refractivity contribution in [1.29, 1.82) is 0 Å². The molecule has 2 amide bonds. The molecule has 1 aliphatic rings. The summed E-state index contributed by atoms with van der Waals surface area (Å²) in [6.45, 7) is 6.09. The monoisotopic (exact) mass is 370 g/mol. The molecule has 3 heterocycles. The van der Waals surface area contributed by atoms with Crippen LogP contribution in [0.25, 0.3) is 0 Å². The highest BCUT2D eigenvalue weighted by atomic mass is 16.2. The fraction of sp³-hybridized carbons (Fsp3) is 0.524. The van der Waals surface area contributed by atoms with Gasteiger partial charge in [-0.15, -0.1) is 0 Å². The molecule has 0 aliphatic carbocycles. The van der Waals surface area contributed by atoms with Gasteiger partial charge in [-0.1, -0.05) is 0 Å². The van der Waals surface area contributed by atoms with Crippen LogP contribution in [0.15, 0.2) is 24.5 Å². The smallest absolute Gasteiger partial charge is 0.270 e. The van der Waals surface area contributed by atoms with Crippen LogP contribution in [0.4, 0.5) is 0 Å². The van der Waals surface area contributed by atoms with Crippen LogP contribution >= 0.6 is 0 Å². The molecule has 1 atom stereocenters. The normalized spacial score (nSPS) is 17.2. The first-order valence-corrected chi connectivity index (χ1v) is 9.58. The first kappa shape index (κ1) is 19.3. The molecule has 27 heavy (non-hydrogen) atoms. The van der Waals surface area contributed by atoms with Gasteiger partial charge in [0.15, 0.2) is 0 Å². The van der Waals surface area contributed by atoms with Gasteiger partial charge in [-0.3, -0.25) is 9.59 Å². The summed E-state index contributed by atoms with van der Waals surface area (Å²) in [5.41, 5.74) is 3.50. The Kier molecular flexibility index (Phi) is 5.44. The van der Waals surface area contributed by atoms with E-state index in [-0.39, 0.29) is 11.8 Å². The van der Waals surface area contributed by atoms with Gasteiger partial charge in [0.25, 0.3) is 11.8 Å². The van der Waals surface area contributed by atoms with Crippen molar-refractivity contribution >= 4 is 11.8 Å².